The molecule has 2 heterocycles. The number of aliphatic carboxylic acids is 1. The number of amides is 1. The summed E-state index contributed by atoms with van der Waals surface area (Å²) in [4.78, 5) is 26.9. The number of hydrogen-bond acceptors (Lipinski definition) is 6. The van der Waals surface area contributed by atoms with Crippen LogP contribution in [0.1, 0.15) is 53.9 Å². The van der Waals surface area contributed by atoms with Crippen molar-refractivity contribution in [3.8, 4) is 11.1 Å². The fraction of sp³-hybridized carbons (Fsp3) is 0.281. The van der Waals surface area contributed by atoms with Gasteiger partial charge in [-0.25, -0.2) is 4.98 Å². The number of imidazole rings is 1. The molecule has 1 aliphatic rings. The summed E-state index contributed by atoms with van der Waals surface area (Å²) in [5.41, 5.74) is 5.43. The van der Waals surface area contributed by atoms with Crippen LogP contribution in [0, 0.1) is 0 Å². The minimum atomic E-state index is -1.01. The maximum Gasteiger partial charge on any atom is 0.303 e. The maximum absolute atomic E-state index is 12.1. The molecule has 43 heavy (non-hydrogen) atoms. The molecule has 3 aromatic carbocycles. The highest BCUT2D eigenvalue weighted by Gasteiger charge is 2.33. The van der Waals surface area contributed by atoms with E-state index in [1.165, 1.54) is 0 Å². The summed E-state index contributed by atoms with van der Waals surface area (Å²) < 4.78 is 14.6. The van der Waals surface area contributed by atoms with Gasteiger partial charge in [0.05, 0.1) is 38.1 Å². The SMILES string of the molecule is O=C(O)CCC(=O)NCc1ccccc1-c1ccc([C@@H]2O[C@H](Cn3cnc(Cl)c3Cl)C[C@H](c3ccc(CO)cc3)O2)cc1. The zero-order valence-corrected chi connectivity index (χ0v) is 24.7. The number of hydrogen-bond donors (Lipinski definition) is 3. The van der Waals surface area contributed by atoms with E-state index in [0.717, 1.165) is 33.4 Å². The quantitative estimate of drug-likeness (QED) is 0.185. The summed E-state index contributed by atoms with van der Waals surface area (Å²) in [5, 5.41) is 21.7. The minimum Gasteiger partial charge on any atom is -0.481 e. The van der Waals surface area contributed by atoms with Crippen LogP contribution in [0.2, 0.25) is 10.3 Å². The van der Waals surface area contributed by atoms with Crippen molar-refractivity contribution in [2.45, 2.75) is 57.5 Å². The molecule has 9 nitrogen and oxygen atoms in total. The van der Waals surface area contributed by atoms with Gasteiger partial charge in [-0.3, -0.25) is 9.59 Å². The molecule has 3 atom stereocenters. The fourth-order valence-electron chi connectivity index (χ4n) is 5.00. The Kier molecular flexibility index (Phi) is 10.1. The molecule has 1 aromatic heterocycles. The summed E-state index contributed by atoms with van der Waals surface area (Å²) in [7, 11) is 0. The molecular formula is C32H31Cl2N3O6. The van der Waals surface area contributed by atoms with Crippen molar-refractivity contribution in [2.24, 2.45) is 0 Å². The summed E-state index contributed by atoms with van der Waals surface area (Å²) in [6.45, 7) is 0.685. The van der Waals surface area contributed by atoms with Gasteiger partial charge in [-0.05, 0) is 27.8 Å². The number of halogens is 2. The first-order valence-corrected chi connectivity index (χ1v) is 14.6. The zero-order valence-electron chi connectivity index (χ0n) is 23.2. The van der Waals surface area contributed by atoms with E-state index in [0.29, 0.717) is 18.1 Å². The van der Waals surface area contributed by atoms with Crippen LogP contribution < -0.4 is 5.32 Å². The Balaban J connectivity index is 1.34. The van der Waals surface area contributed by atoms with Crippen molar-refractivity contribution in [1.29, 1.82) is 0 Å². The summed E-state index contributed by atoms with van der Waals surface area (Å²) >= 11 is 12.4. The second-order valence-electron chi connectivity index (χ2n) is 10.3. The molecule has 11 heteroatoms. The first kappa shape index (κ1) is 30.7. The Morgan fingerprint density at radius 2 is 1.67 bits per heavy atom. The van der Waals surface area contributed by atoms with E-state index in [-0.39, 0.29) is 49.3 Å². The molecule has 1 amide bonds. The summed E-state index contributed by atoms with van der Waals surface area (Å²) in [6.07, 6.45) is 0.709. The highest BCUT2D eigenvalue weighted by molar-refractivity contribution is 6.40. The Morgan fingerprint density at radius 3 is 2.35 bits per heavy atom. The minimum absolute atomic E-state index is 0.0351. The lowest BCUT2D eigenvalue weighted by Crippen LogP contribution is -2.32. The number of nitrogens with one attached hydrogen (secondary N) is 1. The van der Waals surface area contributed by atoms with E-state index in [1.807, 2.05) is 72.8 Å². The summed E-state index contributed by atoms with van der Waals surface area (Å²) in [5.74, 6) is -1.32. The topological polar surface area (TPSA) is 123 Å². The monoisotopic (exact) mass is 623 g/mol. The van der Waals surface area contributed by atoms with Gasteiger partial charge in [0.25, 0.3) is 0 Å². The highest BCUT2D eigenvalue weighted by atomic mass is 35.5. The van der Waals surface area contributed by atoms with Crippen LogP contribution in [0.4, 0.5) is 0 Å². The van der Waals surface area contributed by atoms with Crippen LogP contribution in [0.15, 0.2) is 79.1 Å². The van der Waals surface area contributed by atoms with Gasteiger partial charge in [0, 0.05) is 24.9 Å². The zero-order chi connectivity index (χ0) is 30.3. The molecule has 224 valence electrons. The second-order valence-corrected chi connectivity index (χ2v) is 11.0. The number of nitrogens with zero attached hydrogens (tertiary/aromatic N) is 2. The van der Waals surface area contributed by atoms with Crippen LogP contribution in [-0.4, -0.2) is 37.7 Å². The average Bonchev–Trinajstić information content (AvgIpc) is 3.35. The van der Waals surface area contributed by atoms with Crippen molar-refractivity contribution in [1.82, 2.24) is 14.9 Å². The molecule has 1 aliphatic heterocycles. The molecule has 0 spiro atoms. The van der Waals surface area contributed by atoms with Crippen LogP contribution in [-0.2, 0) is 38.8 Å². The van der Waals surface area contributed by atoms with Crippen molar-refractivity contribution in [2.75, 3.05) is 0 Å². The molecule has 4 aromatic rings. The number of rotatable bonds is 11. The van der Waals surface area contributed by atoms with E-state index in [2.05, 4.69) is 10.3 Å². The lowest BCUT2D eigenvalue weighted by Gasteiger charge is -2.36. The van der Waals surface area contributed by atoms with E-state index in [4.69, 9.17) is 37.8 Å². The number of carboxylic acid groups (broad SMARTS) is 1. The average molecular weight is 625 g/mol. The molecule has 0 aliphatic carbocycles. The van der Waals surface area contributed by atoms with Gasteiger partial charge in [-0.2, -0.15) is 0 Å². The van der Waals surface area contributed by atoms with E-state index >= 15 is 0 Å². The van der Waals surface area contributed by atoms with Gasteiger partial charge in [0.1, 0.15) is 5.15 Å². The van der Waals surface area contributed by atoms with Crippen LogP contribution >= 0.6 is 23.2 Å². The lowest BCUT2D eigenvalue weighted by molar-refractivity contribution is -0.252. The number of carboxylic acids is 1. The predicted octanol–water partition coefficient (Wildman–Crippen LogP) is 6.08. The van der Waals surface area contributed by atoms with Gasteiger partial charge in [0.2, 0.25) is 5.91 Å². The van der Waals surface area contributed by atoms with Gasteiger partial charge in [-0.1, -0.05) is 96.0 Å². The maximum atomic E-state index is 12.1. The molecule has 1 saturated heterocycles. The normalized spacial score (nSPS) is 18.3. The van der Waals surface area contributed by atoms with Gasteiger partial charge in [-0.15, -0.1) is 0 Å². The first-order chi connectivity index (χ1) is 20.8. The largest absolute Gasteiger partial charge is 0.481 e. The number of aliphatic hydroxyl groups is 1. The van der Waals surface area contributed by atoms with Crippen molar-refractivity contribution < 1.29 is 29.3 Å². The number of aromatic nitrogens is 2. The number of carbonyl (C=O) groups is 2. The Bertz CT molecular complexity index is 1560. The molecule has 0 bridgehead atoms. The molecule has 3 N–H and O–H groups in total. The second kappa shape index (κ2) is 14.2. The Morgan fingerprint density at radius 1 is 0.953 bits per heavy atom. The van der Waals surface area contributed by atoms with Crippen molar-refractivity contribution >= 4 is 35.1 Å². The first-order valence-electron chi connectivity index (χ1n) is 13.8. The smallest absolute Gasteiger partial charge is 0.303 e. The van der Waals surface area contributed by atoms with Gasteiger partial charge < -0.3 is 29.6 Å². The molecular weight excluding hydrogens is 593 g/mol. The van der Waals surface area contributed by atoms with E-state index < -0.39 is 12.3 Å². The van der Waals surface area contributed by atoms with E-state index in [1.54, 1.807) is 10.9 Å². The third kappa shape index (κ3) is 7.81. The third-order valence-corrected chi connectivity index (χ3v) is 8.07. The Hall–Kier alpha value is -3.73. The third-order valence-electron chi connectivity index (χ3n) is 7.30. The summed E-state index contributed by atoms with van der Waals surface area (Å²) in [6, 6.07) is 23.3. The molecule has 5 rings (SSSR count). The Labute approximate surface area is 259 Å². The number of aliphatic hydroxyl groups excluding tert-OH is 1. The van der Waals surface area contributed by atoms with Crippen LogP contribution in [0.3, 0.4) is 0 Å². The predicted molar refractivity (Wildman–Crippen MR) is 161 cm³/mol. The van der Waals surface area contributed by atoms with Crippen molar-refractivity contribution in [3.05, 3.63) is 112 Å². The van der Waals surface area contributed by atoms with Crippen LogP contribution in [0.25, 0.3) is 11.1 Å². The lowest BCUT2D eigenvalue weighted by atomic mass is 9.97. The number of ether oxygens (including phenoxy) is 2. The van der Waals surface area contributed by atoms with Gasteiger partial charge >= 0.3 is 5.97 Å². The van der Waals surface area contributed by atoms with Crippen molar-refractivity contribution in [3.63, 3.8) is 0 Å². The van der Waals surface area contributed by atoms with Crippen LogP contribution in [0.5, 0.6) is 0 Å². The van der Waals surface area contributed by atoms with Gasteiger partial charge in [0.15, 0.2) is 11.4 Å². The highest BCUT2D eigenvalue weighted by Crippen LogP contribution is 2.39. The molecule has 0 radical (unpaired) electrons. The van der Waals surface area contributed by atoms with E-state index in [9.17, 15) is 14.7 Å². The number of benzene rings is 3. The molecule has 0 unspecified atom stereocenters. The standard InChI is InChI=1S/C32H31Cl2N3O6/c33-30-31(34)37(19-36-30)17-25-15-27(22-7-5-20(18-38)6-8-22)43-32(42-25)23-11-9-21(10-12-23)26-4-2-1-3-24(26)16-35-28(39)13-14-29(40)41/h1-12,19,25,27,32,38H,13-18H2,(H,35,39)(H,40,41)/t25-,27+,32+/m0/s1. The fourth-order valence-corrected chi connectivity index (χ4v) is 5.31. The number of carbonyl (C=O) groups excluding carboxylic acids is 1. The molecule has 0 saturated carbocycles. The molecule has 1 fully saturated rings.